The van der Waals surface area contributed by atoms with Gasteiger partial charge in [0.15, 0.2) is 0 Å². The van der Waals surface area contributed by atoms with Gasteiger partial charge in [0.1, 0.15) is 0 Å². The number of hydrogen-bond donors (Lipinski definition) is 0. The highest BCUT2D eigenvalue weighted by Crippen LogP contribution is 2.29. The van der Waals surface area contributed by atoms with Crippen molar-refractivity contribution < 1.29 is 0 Å². The fourth-order valence-electron chi connectivity index (χ4n) is 1.55. The van der Waals surface area contributed by atoms with Crippen molar-refractivity contribution in [1.82, 2.24) is 10.2 Å². The van der Waals surface area contributed by atoms with Crippen molar-refractivity contribution in [2.24, 2.45) is 0 Å². The Balaban J connectivity index is 2.59. The van der Waals surface area contributed by atoms with Crippen molar-refractivity contribution in [3.8, 4) is 11.1 Å². The summed E-state index contributed by atoms with van der Waals surface area (Å²) in [5.74, 6) is 0. The van der Waals surface area contributed by atoms with E-state index >= 15 is 0 Å². The lowest BCUT2D eigenvalue weighted by atomic mass is 10.0. The average molecular weight is 219 g/mol. The molecule has 2 nitrogen and oxygen atoms in total. The van der Waals surface area contributed by atoms with Gasteiger partial charge in [0.25, 0.3) is 0 Å². The minimum atomic E-state index is 0.750. The highest BCUT2D eigenvalue weighted by atomic mass is 35.5. The Bertz CT molecular complexity index is 469. The fourth-order valence-corrected chi connectivity index (χ4v) is 1.79. The van der Waals surface area contributed by atoms with E-state index in [0.717, 1.165) is 28.1 Å². The molecule has 0 saturated carbocycles. The van der Waals surface area contributed by atoms with Crippen LogP contribution >= 0.6 is 11.6 Å². The van der Waals surface area contributed by atoms with Gasteiger partial charge in [0.2, 0.25) is 0 Å². The smallest absolute Gasteiger partial charge is 0.0577 e. The molecule has 0 N–H and O–H groups in total. The summed E-state index contributed by atoms with van der Waals surface area (Å²) in [5.41, 5.74) is 3.25. The van der Waals surface area contributed by atoms with Crippen LogP contribution in [0.1, 0.15) is 12.5 Å². The van der Waals surface area contributed by atoms with E-state index in [1.807, 2.05) is 24.3 Å². The molecule has 1 heterocycles. The molecule has 0 saturated heterocycles. The van der Waals surface area contributed by atoms with Crippen LogP contribution in [0.2, 0.25) is 5.02 Å². The topological polar surface area (TPSA) is 25.8 Å². The zero-order valence-corrected chi connectivity index (χ0v) is 9.20. The van der Waals surface area contributed by atoms with Crippen molar-refractivity contribution in [2.75, 3.05) is 0 Å². The van der Waals surface area contributed by atoms with Gasteiger partial charge in [0.05, 0.1) is 12.4 Å². The number of halogens is 1. The van der Waals surface area contributed by atoms with Gasteiger partial charge in [-0.15, -0.1) is 0 Å². The van der Waals surface area contributed by atoms with Gasteiger partial charge in [0, 0.05) is 16.1 Å². The van der Waals surface area contributed by atoms with E-state index in [0.29, 0.717) is 0 Å². The predicted octanol–water partition coefficient (Wildman–Crippen LogP) is 3.36. The number of rotatable bonds is 2. The maximum atomic E-state index is 6.14. The third-order valence-electron chi connectivity index (χ3n) is 2.36. The van der Waals surface area contributed by atoms with Crippen molar-refractivity contribution in [1.29, 1.82) is 0 Å². The Labute approximate surface area is 93.9 Å². The Kier molecular flexibility index (Phi) is 2.97. The molecule has 0 atom stereocenters. The molecule has 3 heteroatoms. The number of aromatic nitrogens is 2. The molecule has 2 aromatic rings. The van der Waals surface area contributed by atoms with Crippen molar-refractivity contribution in [3.63, 3.8) is 0 Å². The molecule has 76 valence electrons. The van der Waals surface area contributed by atoms with Crippen LogP contribution in [0, 0.1) is 0 Å². The molecule has 1 aromatic heterocycles. The molecule has 0 amide bonds. The zero-order chi connectivity index (χ0) is 10.7. The third-order valence-corrected chi connectivity index (χ3v) is 2.69. The minimum absolute atomic E-state index is 0.750. The first-order valence-electron chi connectivity index (χ1n) is 4.87. The lowest BCUT2D eigenvalue weighted by molar-refractivity contribution is 0.986. The van der Waals surface area contributed by atoms with Gasteiger partial charge >= 0.3 is 0 Å². The van der Waals surface area contributed by atoms with E-state index < -0.39 is 0 Å². The van der Waals surface area contributed by atoms with Gasteiger partial charge in [-0.2, -0.15) is 10.2 Å². The molecule has 0 aliphatic heterocycles. The van der Waals surface area contributed by atoms with Crippen molar-refractivity contribution in [3.05, 3.63) is 47.2 Å². The molecule has 0 radical (unpaired) electrons. The van der Waals surface area contributed by atoms with Crippen LogP contribution < -0.4 is 0 Å². The molecule has 0 bridgehead atoms. The average Bonchev–Trinajstić information content (AvgIpc) is 2.30. The van der Waals surface area contributed by atoms with E-state index in [2.05, 4.69) is 17.1 Å². The van der Waals surface area contributed by atoms with Crippen LogP contribution in [-0.2, 0) is 6.42 Å². The second-order valence-corrected chi connectivity index (χ2v) is 3.67. The van der Waals surface area contributed by atoms with Crippen molar-refractivity contribution >= 4 is 11.6 Å². The van der Waals surface area contributed by atoms with Gasteiger partial charge in [-0.25, -0.2) is 0 Å². The first-order valence-corrected chi connectivity index (χ1v) is 5.25. The monoisotopic (exact) mass is 218 g/mol. The van der Waals surface area contributed by atoms with Crippen LogP contribution in [-0.4, -0.2) is 10.2 Å². The first-order chi connectivity index (χ1) is 7.33. The predicted molar refractivity (Wildman–Crippen MR) is 61.9 cm³/mol. The van der Waals surface area contributed by atoms with Crippen LogP contribution in [0.25, 0.3) is 11.1 Å². The van der Waals surface area contributed by atoms with Gasteiger partial charge < -0.3 is 0 Å². The van der Waals surface area contributed by atoms with Gasteiger partial charge in [-0.3, -0.25) is 0 Å². The summed E-state index contributed by atoms with van der Waals surface area (Å²) in [6.07, 6.45) is 4.48. The lowest BCUT2D eigenvalue weighted by Gasteiger charge is -2.07. The molecule has 0 unspecified atom stereocenters. The maximum absolute atomic E-state index is 6.14. The van der Waals surface area contributed by atoms with E-state index in [1.165, 1.54) is 0 Å². The second-order valence-electron chi connectivity index (χ2n) is 3.26. The minimum Gasteiger partial charge on any atom is -0.159 e. The number of nitrogens with zero attached hydrogens (tertiary/aromatic N) is 2. The third kappa shape index (κ3) is 2.00. The standard InChI is InChI=1S/C12H11ClN2/c1-2-9-7-14-15-8-11(9)10-5-3-4-6-12(10)13/h3-8H,2H2,1H3. The normalized spacial score (nSPS) is 10.3. The first kappa shape index (κ1) is 10.1. The lowest BCUT2D eigenvalue weighted by Crippen LogP contribution is -1.92. The van der Waals surface area contributed by atoms with Gasteiger partial charge in [-0.1, -0.05) is 36.7 Å². The Morgan fingerprint density at radius 1 is 1.07 bits per heavy atom. The van der Waals surface area contributed by atoms with E-state index in [9.17, 15) is 0 Å². The quantitative estimate of drug-likeness (QED) is 0.773. The van der Waals surface area contributed by atoms with Gasteiger partial charge in [-0.05, 0) is 18.1 Å². The number of hydrogen-bond acceptors (Lipinski definition) is 2. The summed E-state index contributed by atoms with van der Waals surface area (Å²) >= 11 is 6.14. The maximum Gasteiger partial charge on any atom is 0.0577 e. The van der Waals surface area contributed by atoms with Crippen LogP contribution in [0.4, 0.5) is 0 Å². The van der Waals surface area contributed by atoms with E-state index in [1.54, 1.807) is 12.4 Å². The van der Waals surface area contributed by atoms with Crippen LogP contribution in [0.5, 0.6) is 0 Å². The highest BCUT2D eigenvalue weighted by molar-refractivity contribution is 6.33. The highest BCUT2D eigenvalue weighted by Gasteiger charge is 2.07. The number of benzene rings is 1. The summed E-state index contributed by atoms with van der Waals surface area (Å²) in [6, 6.07) is 7.78. The summed E-state index contributed by atoms with van der Waals surface area (Å²) in [7, 11) is 0. The second kappa shape index (κ2) is 4.41. The zero-order valence-electron chi connectivity index (χ0n) is 8.44. The summed E-state index contributed by atoms with van der Waals surface area (Å²) in [5, 5.41) is 8.53. The van der Waals surface area contributed by atoms with E-state index in [4.69, 9.17) is 11.6 Å². The largest absolute Gasteiger partial charge is 0.159 e. The Morgan fingerprint density at radius 2 is 1.80 bits per heavy atom. The molecule has 0 aliphatic carbocycles. The Morgan fingerprint density at radius 3 is 2.53 bits per heavy atom. The Hall–Kier alpha value is -1.41. The molecular formula is C12H11ClN2. The molecule has 15 heavy (non-hydrogen) atoms. The van der Waals surface area contributed by atoms with Crippen molar-refractivity contribution in [2.45, 2.75) is 13.3 Å². The fraction of sp³-hybridized carbons (Fsp3) is 0.167. The molecular weight excluding hydrogens is 208 g/mol. The van der Waals surface area contributed by atoms with E-state index in [-0.39, 0.29) is 0 Å². The molecule has 1 aromatic carbocycles. The molecule has 0 spiro atoms. The molecule has 0 aliphatic rings. The van der Waals surface area contributed by atoms with Crippen LogP contribution in [0.15, 0.2) is 36.7 Å². The van der Waals surface area contributed by atoms with Crippen LogP contribution in [0.3, 0.4) is 0 Å². The summed E-state index contributed by atoms with van der Waals surface area (Å²) in [6.45, 7) is 2.09. The molecule has 0 fully saturated rings. The SMILES string of the molecule is CCc1cnncc1-c1ccccc1Cl. The molecule has 2 rings (SSSR count). The summed E-state index contributed by atoms with van der Waals surface area (Å²) in [4.78, 5) is 0. The number of aryl methyl sites for hydroxylation is 1. The summed E-state index contributed by atoms with van der Waals surface area (Å²) < 4.78 is 0.